The van der Waals surface area contributed by atoms with Crippen molar-refractivity contribution >= 4 is 6.09 Å². The van der Waals surface area contributed by atoms with Gasteiger partial charge in [-0.25, -0.2) is 4.79 Å². The van der Waals surface area contributed by atoms with Gasteiger partial charge in [0, 0.05) is 12.6 Å². The van der Waals surface area contributed by atoms with Gasteiger partial charge in [-0.1, -0.05) is 39.0 Å². The van der Waals surface area contributed by atoms with Crippen LogP contribution in [0.1, 0.15) is 40.0 Å². The highest BCUT2D eigenvalue weighted by molar-refractivity contribution is 5.67. The third-order valence-corrected chi connectivity index (χ3v) is 4.46. The van der Waals surface area contributed by atoms with E-state index in [1.165, 1.54) is 0 Å². The van der Waals surface area contributed by atoms with Gasteiger partial charge in [0.2, 0.25) is 0 Å². The second kappa shape index (κ2) is 7.88. The summed E-state index contributed by atoms with van der Waals surface area (Å²) < 4.78 is 10.7. The number of hydrogen-bond donors (Lipinski definition) is 2. The summed E-state index contributed by atoms with van der Waals surface area (Å²) in [7, 11) is 0. The zero-order valence-corrected chi connectivity index (χ0v) is 15.0. The molecule has 5 heteroatoms. The van der Waals surface area contributed by atoms with Crippen LogP contribution in [-0.2, 0) is 4.74 Å². The summed E-state index contributed by atoms with van der Waals surface area (Å²) in [5, 5.41) is 2.88. The van der Waals surface area contributed by atoms with E-state index in [2.05, 4.69) is 26.1 Å². The molecule has 0 spiro atoms. The normalized spacial score (nSPS) is 25.8. The molecule has 2 atom stereocenters. The lowest BCUT2D eigenvalue weighted by molar-refractivity contribution is 0.0757. The Kier molecular flexibility index (Phi) is 6.10. The first-order valence-corrected chi connectivity index (χ1v) is 8.62. The number of amides is 1. The minimum Gasteiger partial charge on any atom is -0.490 e. The number of carbonyl (C=O) groups is 1. The number of rotatable bonds is 6. The van der Waals surface area contributed by atoms with Gasteiger partial charge in [-0.15, -0.1) is 0 Å². The maximum atomic E-state index is 11.9. The standard InChI is InChI=1S/C19H30N2O3/c1-18(2)11-15(20)12-19(3,13-18)14-21-17(22)24-10-9-23-16-7-5-4-6-8-16/h4-8,15H,9-14,20H2,1-3H3,(H,21,22). The van der Waals surface area contributed by atoms with Crippen LogP contribution < -0.4 is 15.8 Å². The van der Waals surface area contributed by atoms with E-state index in [1.54, 1.807) is 0 Å². The van der Waals surface area contributed by atoms with Crippen molar-refractivity contribution in [1.82, 2.24) is 5.32 Å². The number of hydrogen-bond acceptors (Lipinski definition) is 4. The Bertz CT molecular complexity index is 533. The lowest BCUT2D eigenvalue weighted by Crippen LogP contribution is -2.47. The Hall–Kier alpha value is -1.75. The molecule has 0 saturated heterocycles. The molecule has 134 valence electrons. The molecule has 2 unspecified atom stereocenters. The van der Waals surface area contributed by atoms with Gasteiger partial charge < -0.3 is 20.5 Å². The molecule has 5 nitrogen and oxygen atoms in total. The van der Waals surface area contributed by atoms with Gasteiger partial charge in [-0.2, -0.15) is 0 Å². The van der Waals surface area contributed by atoms with Crippen molar-refractivity contribution in [2.24, 2.45) is 16.6 Å². The monoisotopic (exact) mass is 334 g/mol. The van der Waals surface area contributed by atoms with Crippen LogP contribution >= 0.6 is 0 Å². The van der Waals surface area contributed by atoms with Crippen molar-refractivity contribution < 1.29 is 14.3 Å². The summed E-state index contributed by atoms with van der Waals surface area (Å²) in [4.78, 5) is 11.9. The number of carbonyl (C=O) groups excluding carboxylic acids is 1. The quantitative estimate of drug-likeness (QED) is 0.783. The Morgan fingerprint density at radius 3 is 2.58 bits per heavy atom. The SMILES string of the molecule is CC1(C)CC(N)CC(C)(CNC(=O)OCCOc2ccccc2)C1. The fraction of sp³-hybridized carbons (Fsp3) is 0.632. The summed E-state index contributed by atoms with van der Waals surface area (Å²) in [5.74, 6) is 0.771. The number of nitrogens with one attached hydrogen (secondary N) is 1. The smallest absolute Gasteiger partial charge is 0.407 e. The first kappa shape index (κ1) is 18.6. The molecule has 0 radical (unpaired) electrons. The first-order chi connectivity index (χ1) is 11.3. The number of alkyl carbamates (subject to hydrolysis) is 1. The van der Waals surface area contributed by atoms with E-state index < -0.39 is 6.09 Å². The number of nitrogens with two attached hydrogens (primary N) is 1. The van der Waals surface area contributed by atoms with Gasteiger partial charge in [-0.05, 0) is 42.2 Å². The molecule has 1 aliphatic rings. The van der Waals surface area contributed by atoms with Crippen LogP contribution in [-0.4, -0.2) is 31.9 Å². The molecule has 3 N–H and O–H groups in total. The largest absolute Gasteiger partial charge is 0.490 e. The average molecular weight is 334 g/mol. The van der Waals surface area contributed by atoms with E-state index in [4.69, 9.17) is 15.2 Å². The highest BCUT2D eigenvalue weighted by Crippen LogP contribution is 2.45. The summed E-state index contributed by atoms with van der Waals surface area (Å²) in [6, 6.07) is 9.66. The zero-order valence-electron chi connectivity index (χ0n) is 15.0. The van der Waals surface area contributed by atoms with Crippen molar-refractivity contribution in [3.63, 3.8) is 0 Å². The van der Waals surface area contributed by atoms with E-state index in [0.29, 0.717) is 13.2 Å². The Balaban J connectivity index is 1.67. The Morgan fingerprint density at radius 2 is 1.92 bits per heavy atom. The Morgan fingerprint density at radius 1 is 1.21 bits per heavy atom. The summed E-state index contributed by atoms with van der Waals surface area (Å²) in [6.45, 7) is 7.82. The summed E-state index contributed by atoms with van der Waals surface area (Å²) in [6.07, 6.45) is 2.60. The van der Waals surface area contributed by atoms with Crippen molar-refractivity contribution in [3.8, 4) is 5.75 Å². The molecule has 1 aromatic rings. The van der Waals surface area contributed by atoms with E-state index in [-0.39, 0.29) is 23.5 Å². The van der Waals surface area contributed by atoms with Crippen molar-refractivity contribution in [3.05, 3.63) is 30.3 Å². The molecule has 1 aromatic carbocycles. The van der Waals surface area contributed by atoms with Crippen LogP contribution in [0.2, 0.25) is 0 Å². The lowest BCUT2D eigenvalue weighted by atomic mass is 9.63. The number of ether oxygens (including phenoxy) is 2. The summed E-state index contributed by atoms with van der Waals surface area (Å²) in [5.41, 5.74) is 6.41. The molecule has 0 bridgehead atoms. The lowest BCUT2D eigenvalue weighted by Gasteiger charge is -2.45. The van der Waals surface area contributed by atoms with Crippen molar-refractivity contribution in [2.75, 3.05) is 19.8 Å². The third-order valence-electron chi connectivity index (χ3n) is 4.46. The van der Waals surface area contributed by atoms with Gasteiger partial charge in [0.25, 0.3) is 0 Å². The zero-order chi connectivity index (χ0) is 17.6. The van der Waals surface area contributed by atoms with E-state index >= 15 is 0 Å². The second-order valence-electron chi connectivity index (χ2n) is 7.97. The maximum absolute atomic E-state index is 11.9. The van der Waals surface area contributed by atoms with Gasteiger partial charge in [0.1, 0.15) is 19.0 Å². The van der Waals surface area contributed by atoms with Crippen LogP contribution in [0.3, 0.4) is 0 Å². The van der Waals surface area contributed by atoms with E-state index in [0.717, 1.165) is 25.0 Å². The fourth-order valence-corrected chi connectivity index (χ4v) is 4.00. The molecule has 1 amide bonds. The van der Waals surface area contributed by atoms with Crippen LogP contribution in [0, 0.1) is 10.8 Å². The minimum absolute atomic E-state index is 0.0146. The average Bonchev–Trinajstić information content (AvgIpc) is 2.48. The molecule has 24 heavy (non-hydrogen) atoms. The number of para-hydroxylation sites is 1. The highest BCUT2D eigenvalue weighted by atomic mass is 16.6. The van der Waals surface area contributed by atoms with Gasteiger partial charge in [0.05, 0.1) is 0 Å². The molecular formula is C19H30N2O3. The third kappa shape index (κ3) is 6.04. The topological polar surface area (TPSA) is 73.6 Å². The molecular weight excluding hydrogens is 304 g/mol. The van der Waals surface area contributed by atoms with E-state index in [9.17, 15) is 4.79 Å². The first-order valence-electron chi connectivity index (χ1n) is 8.62. The number of benzene rings is 1. The van der Waals surface area contributed by atoms with Gasteiger partial charge in [-0.3, -0.25) is 0 Å². The van der Waals surface area contributed by atoms with Gasteiger partial charge >= 0.3 is 6.09 Å². The fourth-order valence-electron chi connectivity index (χ4n) is 4.00. The second-order valence-corrected chi connectivity index (χ2v) is 7.97. The van der Waals surface area contributed by atoms with Crippen LogP contribution in [0.25, 0.3) is 0 Å². The van der Waals surface area contributed by atoms with Gasteiger partial charge in [0.15, 0.2) is 0 Å². The Labute approximate surface area is 144 Å². The molecule has 0 heterocycles. The molecule has 0 aromatic heterocycles. The predicted molar refractivity (Wildman–Crippen MR) is 95.0 cm³/mol. The summed E-state index contributed by atoms with van der Waals surface area (Å²) >= 11 is 0. The van der Waals surface area contributed by atoms with E-state index in [1.807, 2.05) is 30.3 Å². The van der Waals surface area contributed by atoms with Crippen LogP contribution in [0.5, 0.6) is 5.75 Å². The highest BCUT2D eigenvalue weighted by Gasteiger charge is 2.40. The van der Waals surface area contributed by atoms with Crippen molar-refractivity contribution in [2.45, 2.75) is 46.1 Å². The van der Waals surface area contributed by atoms with Crippen LogP contribution in [0.15, 0.2) is 30.3 Å². The molecule has 1 fully saturated rings. The van der Waals surface area contributed by atoms with Crippen LogP contribution in [0.4, 0.5) is 4.79 Å². The predicted octanol–water partition coefficient (Wildman–Crippen LogP) is 3.34. The van der Waals surface area contributed by atoms with Crippen molar-refractivity contribution in [1.29, 1.82) is 0 Å². The maximum Gasteiger partial charge on any atom is 0.407 e. The molecule has 0 aliphatic heterocycles. The molecule has 1 saturated carbocycles. The minimum atomic E-state index is -0.398. The molecule has 1 aliphatic carbocycles. The molecule has 2 rings (SSSR count).